The third-order valence-corrected chi connectivity index (χ3v) is 3.42. The number of rotatable bonds is 5. The van der Waals surface area contributed by atoms with Gasteiger partial charge in [-0.15, -0.1) is 0 Å². The van der Waals surface area contributed by atoms with Crippen molar-refractivity contribution in [2.45, 2.75) is 44.4 Å². The van der Waals surface area contributed by atoms with Gasteiger partial charge in [0.2, 0.25) is 5.91 Å². The highest BCUT2D eigenvalue weighted by Gasteiger charge is 2.31. The third-order valence-electron chi connectivity index (χ3n) is 3.42. The lowest BCUT2D eigenvalue weighted by Gasteiger charge is -2.17. The molecule has 2 rings (SSSR count). The molecule has 2 N–H and O–H groups in total. The average Bonchev–Trinajstić information content (AvgIpc) is 2.86. The van der Waals surface area contributed by atoms with Gasteiger partial charge in [0.15, 0.2) is 0 Å². The third kappa shape index (κ3) is 3.81. The van der Waals surface area contributed by atoms with Crippen LogP contribution in [-0.2, 0) is 20.7 Å². The van der Waals surface area contributed by atoms with Crippen molar-refractivity contribution in [2.75, 3.05) is 0 Å². The van der Waals surface area contributed by atoms with Crippen LogP contribution in [-0.4, -0.2) is 35.2 Å². The van der Waals surface area contributed by atoms with Crippen LogP contribution < -0.4 is 5.32 Å². The maximum absolute atomic E-state index is 12.0. The summed E-state index contributed by atoms with van der Waals surface area (Å²) in [7, 11) is 0. The molecule has 20 heavy (non-hydrogen) atoms. The fourth-order valence-electron chi connectivity index (χ4n) is 2.31. The molecule has 0 aromatic heterocycles. The molecule has 3 atom stereocenters. The number of nitrogens with one attached hydrogen (secondary N) is 1. The Morgan fingerprint density at radius 1 is 1.35 bits per heavy atom. The second kappa shape index (κ2) is 6.52. The molecule has 3 unspecified atom stereocenters. The molecule has 0 spiro atoms. The zero-order valence-electron chi connectivity index (χ0n) is 11.4. The molecule has 5 nitrogen and oxygen atoms in total. The molecular weight excluding hydrogens is 258 g/mol. The summed E-state index contributed by atoms with van der Waals surface area (Å²) in [5.74, 6) is -1.37. The molecule has 1 fully saturated rings. The molecule has 1 amide bonds. The Hall–Kier alpha value is -1.88. The zero-order chi connectivity index (χ0) is 14.5. The van der Waals surface area contributed by atoms with Crippen LogP contribution in [0.4, 0.5) is 0 Å². The molecule has 1 aromatic rings. The van der Waals surface area contributed by atoms with Gasteiger partial charge < -0.3 is 15.2 Å². The summed E-state index contributed by atoms with van der Waals surface area (Å²) >= 11 is 0. The summed E-state index contributed by atoms with van der Waals surface area (Å²) in [6.07, 6.45) is 1.27. The Morgan fingerprint density at radius 3 is 2.60 bits per heavy atom. The second-order valence-electron chi connectivity index (χ2n) is 5.10. The number of carbonyl (C=O) groups excluding carboxylic acids is 1. The van der Waals surface area contributed by atoms with E-state index < -0.39 is 18.1 Å². The summed E-state index contributed by atoms with van der Waals surface area (Å²) in [5, 5.41) is 11.8. The Balaban J connectivity index is 1.96. The molecule has 1 heterocycles. The molecule has 5 heteroatoms. The maximum Gasteiger partial charge on any atom is 0.326 e. The Labute approximate surface area is 117 Å². The van der Waals surface area contributed by atoms with E-state index in [9.17, 15) is 14.7 Å². The number of aliphatic carboxylic acids is 1. The van der Waals surface area contributed by atoms with Gasteiger partial charge in [0.25, 0.3) is 0 Å². The van der Waals surface area contributed by atoms with Crippen LogP contribution >= 0.6 is 0 Å². The molecule has 0 saturated carbocycles. The smallest absolute Gasteiger partial charge is 0.326 e. The van der Waals surface area contributed by atoms with E-state index in [0.717, 1.165) is 12.0 Å². The lowest BCUT2D eigenvalue weighted by Crippen LogP contribution is -2.46. The van der Waals surface area contributed by atoms with E-state index in [4.69, 9.17) is 4.74 Å². The van der Waals surface area contributed by atoms with Gasteiger partial charge in [-0.3, -0.25) is 4.79 Å². The topological polar surface area (TPSA) is 75.6 Å². The van der Waals surface area contributed by atoms with Crippen LogP contribution in [0.1, 0.15) is 25.3 Å². The Morgan fingerprint density at radius 2 is 2.05 bits per heavy atom. The molecule has 1 saturated heterocycles. The van der Waals surface area contributed by atoms with Crippen LogP contribution in [0.5, 0.6) is 0 Å². The minimum atomic E-state index is -1.03. The number of carboxylic acid groups (broad SMARTS) is 1. The zero-order valence-corrected chi connectivity index (χ0v) is 11.4. The SMILES string of the molecule is CC1CCC(C(=O)NC(Cc2ccccc2)C(=O)O)O1. The second-order valence-corrected chi connectivity index (χ2v) is 5.10. The van der Waals surface area contributed by atoms with Crippen molar-refractivity contribution in [1.82, 2.24) is 5.32 Å². The molecule has 0 radical (unpaired) electrons. The Bertz CT molecular complexity index is 474. The number of hydrogen-bond acceptors (Lipinski definition) is 3. The van der Waals surface area contributed by atoms with Gasteiger partial charge >= 0.3 is 5.97 Å². The lowest BCUT2D eigenvalue weighted by atomic mass is 10.1. The van der Waals surface area contributed by atoms with Crippen LogP contribution in [0.15, 0.2) is 30.3 Å². The first-order valence-electron chi connectivity index (χ1n) is 6.79. The summed E-state index contributed by atoms with van der Waals surface area (Å²) in [4.78, 5) is 23.3. The van der Waals surface area contributed by atoms with E-state index in [2.05, 4.69) is 5.32 Å². The first kappa shape index (κ1) is 14.5. The first-order chi connectivity index (χ1) is 9.56. The first-order valence-corrected chi connectivity index (χ1v) is 6.79. The van der Waals surface area contributed by atoms with E-state index in [-0.39, 0.29) is 18.4 Å². The van der Waals surface area contributed by atoms with Gasteiger partial charge in [-0.25, -0.2) is 4.79 Å². The van der Waals surface area contributed by atoms with Crippen molar-refractivity contribution >= 4 is 11.9 Å². The molecule has 0 aliphatic carbocycles. The Kier molecular flexibility index (Phi) is 4.74. The van der Waals surface area contributed by atoms with Gasteiger partial charge in [-0.05, 0) is 25.3 Å². The number of amides is 1. The van der Waals surface area contributed by atoms with Crippen molar-refractivity contribution in [3.8, 4) is 0 Å². The summed E-state index contributed by atoms with van der Waals surface area (Å²) < 4.78 is 5.45. The van der Waals surface area contributed by atoms with Gasteiger partial charge in [0, 0.05) is 6.42 Å². The fraction of sp³-hybridized carbons (Fsp3) is 0.467. The highest BCUT2D eigenvalue weighted by molar-refractivity contribution is 5.86. The quantitative estimate of drug-likeness (QED) is 0.852. The number of carboxylic acids is 1. The maximum atomic E-state index is 12.0. The molecule has 108 valence electrons. The van der Waals surface area contributed by atoms with Crippen LogP contribution in [0.3, 0.4) is 0 Å². The lowest BCUT2D eigenvalue weighted by molar-refractivity contribution is -0.144. The fourth-order valence-corrected chi connectivity index (χ4v) is 2.31. The minimum Gasteiger partial charge on any atom is -0.480 e. The van der Waals surface area contributed by atoms with Crippen molar-refractivity contribution in [3.63, 3.8) is 0 Å². The van der Waals surface area contributed by atoms with Gasteiger partial charge in [-0.2, -0.15) is 0 Å². The summed E-state index contributed by atoms with van der Waals surface area (Å²) in [6, 6.07) is 8.32. The number of benzene rings is 1. The molecule has 1 aromatic carbocycles. The van der Waals surface area contributed by atoms with E-state index in [1.165, 1.54) is 0 Å². The number of carbonyl (C=O) groups is 2. The highest BCUT2D eigenvalue weighted by Crippen LogP contribution is 2.19. The number of ether oxygens (including phenoxy) is 1. The van der Waals surface area contributed by atoms with Crippen molar-refractivity contribution in [1.29, 1.82) is 0 Å². The number of hydrogen-bond donors (Lipinski definition) is 2. The van der Waals surface area contributed by atoms with Crippen molar-refractivity contribution in [2.24, 2.45) is 0 Å². The van der Waals surface area contributed by atoms with Crippen LogP contribution in [0.25, 0.3) is 0 Å². The van der Waals surface area contributed by atoms with Crippen molar-refractivity contribution < 1.29 is 19.4 Å². The largest absolute Gasteiger partial charge is 0.480 e. The normalized spacial score (nSPS) is 23.2. The summed E-state index contributed by atoms with van der Waals surface area (Å²) in [6.45, 7) is 1.91. The average molecular weight is 277 g/mol. The predicted octanol–water partition coefficient (Wildman–Crippen LogP) is 1.37. The van der Waals surface area contributed by atoms with E-state index >= 15 is 0 Å². The van der Waals surface area contributed by atoms with Crippen LogP contribution in [0.2, 0.25) is 0 Å². The van der Waals surface area contributed by atoms with Crippen LogP contribution in [0, 0.1) is 0 Å². The van der Waals surface area contributed by atoms with E-state index in [1.54, 1.807) is 0 Å². The molecule has 1 aliphatic heterocycles. The van der Waals surface area contributed by atoms with Crippen molar-refractivity contribution in [3.05, 3.63) is 35.9 Å². The standard InChI is InChI=1S/C15H19NO4/c1-10-7-8-13(20-10)14(17)16-12(15(18)19)9-11-5-3-2-4-6-11/h2-6,10,12-13H,7-9H2,1H3,(H,16,17)(H,18,19). The van der Waals surface area contributed by atoms with Gasteiger partial charge in [0.1, 0.15) is 12.1 Å². The summed E-state index contributed by atoms with van der Waals surface area (Å²) in [5.41, 5.74) is 0.876. The molecule has 0 bridgehead atoms. The van der Waals surface area contributed by atoms with Gasteiger partial charge in [0.05, 0.1) is 6.10 Å². The van der Waals surface area contributed by atoms with E-state index in [1.807, 2.05) is 37.3 Å². The predicted molar refractivity (Wildman–Crippen MR) is 73.3 cm³/mol. The van der Waals surface area contributed by atoms with E-state index in [0.29, 0.717) is 6.42 Å². The molecule has 1 aliphatic rings. The molecular formula is C15H19NO4. The van der Waals surface area contributed by atoms with Gasteiger partial charge in [-0.1, -0.05) is 30.3 Å². The minimum absolute atomic E-state index is 0.0585. The monoisotopic (exact) mass is 277 g/mol. The highest BCUT2D eigenvalue weighted by atomic mass is 16.5.